The summed E-state index contributed by atoms with van der Waals surface area (Å²) in [5, 5.41) is 0. The molecule has 2 saturated carbocycles. The molecule has 0 unspecified atom stereocenters. The lowest BCUT2D eigenvalue weighted by Gasteiger charge is -2.28. The molecule has 0 heterocycles. The summed E-state index contributed by atoms with van der Waals surface area (Å²) in [6.45, 7) is 6.69. The highest BCUT2D eigenvalue weighted by atomic mass is 16.5. The molecule has 0 spiro atoms. The third kappa shape index (κ3) is 8.94. The summed E-state index contributed by atoms with van der Waals surface area (Å²) in [6.07, 6.45) is 23.1. The molecule has 0 amide bonds. The Morgan fingerprint density at radius 3 is 1.16 bits per heavy atom. The van der Waals surface area contributed by atoms with Crippen LogP contribution in [0.1, 0.15) is 117 Å². The van der Waals surface area contributed by atoms with Gasteiger partial charge in [-0.15, -0.1) is 0 Å². The lowest BCUT2D eigenvalue weighted by atomic mass is 9.78. The van der Waals surface area contributed by atoms with Crippen molar-refractivity contribution in [2.75, 3.05) is 13.2 Å². The Kier molecular flexibility index (Phi) is 11.2. The van der Waals surface area contributed by atoms with Crippen LogP contribution in [0, 0.1) is 23.7 Å². The minimum Gasteiger partial charge on any atom is -0.381 e. The van der Waals surface area contributed by atoms with Crippen molar-refractivity contribution in [1.29, 1.82) is 0 Å². The maximum atomic E-state index is 5.94. The van der Waals surface area contributed by atoms with E-state index in [1.165, 1.54) is 103 Å². The first-order valence-corrected chi connectivity index (χ1v) is 11.9. The van der Waals surface area contributed by atoms with E-state index in [2.05, 4.69) is 13.8 Å². The van der Waals surface area contributed by atoms with Gasteiger partial charge in [0.15, 0.2) is 0 Å². The maximum Gasteiger partial charge on any atom is 0.0466 e. The Hall–Kier alpha value is -0.0400. The van der Waals surface area contributed by atoms with E-state index in [1.54, 1.807) is 0 Å². The zero-order valence-corrected chi connectivity index (χ0v) is 17.4. The molecule has 25 heavy (non-hydrogen) atoms. The predicted molar refractivity (Wildman–Crippen MR) is 110 cm³/mol. The highest BCUT2D eigenvalue weighted by Crippen LogP contribution is 2.34. The smallest absolute Gasteiger partial charge is 0.0466 e. The normalized spacial score (nSPS) is 30.5. The van der Waals surface area contributed by atoms with Crippen LogP contribution in [0.4, 0.5) is 0 Å². The van der Waals surface area contributed by atoms with E-state index in [-0.39, 0.29) is 0 Å². The molecule has 2 aliphatic rings. The molecular weight excluding hydrogens is 304 g/mol. The van der Waals surface area contributed by atoms with E-state index in [1.807, 2.05) is 0 Å². The van der Waals surface area contributed by atoms with Crippen molar-refractivity contribution in [2.24, 2.45) is 23.7 Å². The first kappa shape index (κ1) is 21.3. The molecule has 0 saturated heterocycles. The molecular formula is C24H46O. The molecule has 2 rings (SSSR count). The monoisotopic (exact) mass is 350 g/mol. The second-order valence-electron chi connectivity index (χ2n) is 9.25. The van der Waals surface area contributed by atoms with Crippen molar-refractivity contribution in [1.82, 2.24) is 0 Å². The molecule has 0 aromatic carbocycles. The van der Waals surface area contributed by atoms with Gasteiger partial charge >= 0.3 is 0 Å². The van der Waals surface area contributed by atoms with Crippen molar-refractivity contribution < 1.29 is 4.74 Å². The lowest BCUT2D eigenvalue weighted by Crippen LogP contribution is -2.15. The fourth-order valence-electron chi connectivity index (χ4n) is 5.48. The summed E-state index contributed by atoms with van der Waals surface area (Å²) in [5.74, 6) is 4.12. The van der Waals surface area contributed by atoms with E-state index in [9.17, 15) is 0 Å². The summed E-state index contributed by atoms with van der Waals surface area (Å²) in [6, 6.07) is 0. The first-order chi connectivity index (χ1) is 12.3. The second kappa shape index (κ2) is 13.2. The molecule has 0 aliphatic heterocycles. The van der Waals surface area contributed by atoms with Gasteiger partial charge in [-0.1, -0.05) is 90.9 Å². The van der Waals surface area contributed by atoms with Crippen LogP contribution in [0.5, 0.6) is 0 Å². The molecule has 2 fully saturated rings. The van der Waals surface area contributed by atoms with E-state index >= 15 is 0 Å². The van der Waals surface area contributed by atoms with Crippen LogP contribution < -0.4 is 0 Å². The minimum absolute atomic E-state index is 1.01. The second-order valence-corrected chi connectivity index (χ2v) is 9.25. The standard InChI is InChI=1S/C24H46O/c1-3-7-21-11-15-23(16-12-21)9-5-19-25-20-6-10-24-17-13-22(8-4-2)14-18-24/h21-24H,3-20H2,1-2H3. The number of hydrogen-bond donors (Lipinski definition) is 0. The third-order valence-corrected chi connectivity index (χ3v) is 7.13. The van der Waals surface area contributed by atoms with Crippen LogP contribution in [-0.4, -0.2) is 13.2 Å². The average Bonchev–Trinajstić information content (AvgIpc) is 2.64. The van der Waals surface area contributed by atoms with Gasteiger partial charge in [-0.2, -0.15) is 0 Å². The summed E-state index contributed by atoms with van der Waals surface area (Å²) < 4.78 is 5.94. The first-order valence-electron chi connectivity index (χ1n) is 11.9. The van der Waals surface area contributed by atoms with Gasteiger partial charge in [0.1, 0.15) is 0 Å². The van der Waals surface area contributed by atoms with Gasteiger partial charge in [0, 0.05) is 13.2 Å². The van der Waals surface area contributed by atoms with Gasteiger partial charge in [0.25, 0.3) is 0 Å². The topological polar surface area (TPSA) is 9.23 Å². The van der Waals surface area contributed by atoms with E-state index in [4.69, 9.17) is 4.74 Å². The van der Waals surface area contributed by atoms with Crippen LogP contribution >= 0.6 is 0 Å². The Morgan fingerprint density at radius 1 is 0.520 bits per heavy atom. The summed E-state index contributed by atoms with van der Waals surface area (Å²) >= 11 is 0. The van der Waals surface area contributed by atoms with Crippen LogP contribution in [0.15, 0.2) is 0 Å². The van der Waals surface area contributed by atoms with Crippen molar-refractivity contribution in [3.05, 3.63) is 0 Å². The number of rotatable bonds is 12. The number of hydrogen-bond acceptors (Lipinski definition) is 1. The largest absolute Gasteiger partial charge is 0.381 e. The van der Waals surface area contributed by atoms with E-state index in [0.29, 0.717) is 0 Å². The highest BCUT2D eigenvalue weighted by Gasteiger charge is 2.21. The third-order valence-electron chi connectivity index (χ3n) is 7.13. The van der Waals surface area contributed by atoms with Gasteiger partial charge in [0.2, 0.25) is 0 Å². The molecule has 0 aromatic heterocycles. The van der Waals surface area contributed by atoms with Gasteiger partial charge in [-0.05, 0) is 49.4 Å². The lowest BCUT2D eigenvalue weighted by molar-refractivity contribution is 0.113. The highest BCUT2D eigenvalue weighted by molar-refractivity contribution is 4.73. The Balaban J connectivity index is 1.37. The Bertz CT molecular complexity index is 267. The summed E-state index contributed by atoms with van der Waals surface area (Å²) in [7, 11) is 0. The van der Waals surface area contributed by atoms with Gasteiger partial charge in [-0.25, -0.2) is 0 Å². The van der Waals surface area contributed by atoms with Crippen LogP contribution in [0.25, 0.3) is 0 Å². The molecule has 1 nitrogen and oxygen atoms in total. The summed E-state index contributed by atoms with van der Waals surface area (Å²) in [5.41, 5.74) is 0. The van der Waals surface area contributed by atoms with E-state index in [0.717, 1.165) is 36.9 Å². The average molecular weight is 351 g/mol. The fourth-order valence-corrected chi connectivity index (χ4v) is 5.48. The molecule has 0 N–H and O–H groups in total. The molecule has 2 aliphatic carbocycles. The zero-order chi connectivity index (χ0) is 17.7. The fraction of sp³-hybridized carbons (Fsp3) is 1.00. The zero-order valence-electron chi connectivity index (χ0n) is 17.4. The molecule has 0 radical (unpaired) electrons. The van der Waals surface area contributed by atoms with Gasteiger partial charge in [0.05, 0.1) is 0 Å². The SMILES string of the molecule is CCCC1CCC(CCCOCCCC2CCC(CCC)CC2)CC1. The minimum atomic E-state index is 1.01. The molecule has 1 heteroatoms. The van der Waals surface area contributed by atoms with Crippen LogP contribution in [0.3, 0.4) is 0 Å². The maximum absolute atomic E-state index is 5.94. The Labute approximate surface area is 158 Å². The Morgan fingerprint density at radius 2 is 0.840 bits per heavy atom. The quantitative estimate of drug-likeness (QED) is 0.326. The molecule has 148 valence electrons. The van der Waals surface area contributed by atoms with Crippen molar-refractivity contribution in [3.63, 3.8) is 0 Å². The van der Waals surface area contributed by atoms with Crippen LogP contribution in [-0.2, 0) is 4.74 Å². The van der Waals surface area contributed by atoms with Gasteiger partial charge in [-0.3, -0.25) is 0 Å². The molecule has 0 aromatic rings. The van der Waals surface area contributed by atoms with Crippen molar-refractivity contribution >= 4 is 0 Å². The number of ether oxygens (including phenoxy) is 1. The van der Waals surface area contributed by atoms with Crippen LogP contribution in [0.2, 0.25) is 0 Å². The molecule has 0 bridgehead atoms. The van der Waals surface area contributed by atoms with Crippen molar-refractivity contribution in [3.8, 4) is 0 Å². The van der Waals surface area contributed by atoms with Crippen molar-refractivity contribution in [2.45, 2.75) is 117 Å². The molecule has 0 atom stereocenters. The van der Waals surface area contributed by atoms with Gasteiger partial charge < -0.3 is 4.74 Å². The predicted octanol–water partition coefficient (Wildman–Crippen LogP) is 7.78. The summed E-state index contributed by atoms with van der Waals surface area (Å²) in [4.78, 5) is 0. The van der Waals surface area contributed by atoms with E-state index < -0.39 is 0 Å².